The van der Waals surface area contributed by atoms with Crippen molar-refractivity contribution in [2.45, 2.75) is 26.4 Å². The average molecular weight is 480 g/mol. The highest BCUT2D eigenvalue weighted by Gasteiger charge is 2.24. The maximum Gasteiger partial charge on any atom is 0.228 e. The molecule has 3 aromatic rings. The number of piperazine rings is 1. The van der Waals surface area contributed by atoms with E-state index < -0.39 is 0 Å². The first-order valence-corrected chi connectivity index (χ1v) is 12.0. The van der Waals surface area contributed by atoms with Gasteiger partial charge in [-0.2, -0.15) is 0 Å². The third-order valence-electron chi connectivity index (χ3n) is 5.78. The lowest BCUT2D eigenvalue weighted by atomic mass is 10.2. The Bertz CT molecular complexity index is 1100. The van der Waals surface area contributed by atoms with Crippen LogP contribution in [0.4, 0.5) is 11.5 Å². The predicted octanol–water partition coefficient (Wildman–Crippen LogP) is 3.53. The van der Waals surface area contributed by atoms with Crippen LogP contribution in [-0.4, -0.2) is 74.0 Å². The number of aromatic nitrogens is 2. The third kappa shape index (κ3) is 6.17. The summed E-state index contributed by atoms with van der Waals surface area (Å²) in [6.45, 7) is 8.10. The SMILES string of the molecule is COCCCOc1ccc2c(N3CCN(N(C=O)c4ccc(OC(C)C)cc4)CC3)ncnc2c1. The Morgan fingerprint density at radius 2 is 1.74 bits per heavy atom. The monoisotopic (exact) mass is 479 g/mol. The van der Waals surface area contributed by atoms with Crippen LogP contribution in [0.5, 0.6) is 11.5 Å². The van der Waals surface area contributed by atoms with Gasteiger partial charge < -0.3 is 19.1 Å². The Hall–Kier alpha value is -3.43. The van der Waals surface area contributed by atoms with Gasteiger partial charge in [0.05, 0.1) is 23.9 Å². The first-order chi connectivity index (χ1) is 17.1. The summed E-state index contributed by atoms with van der Waals surface area (Å²) in [5, 5.41) is 4.71. The molecule has 1 aliphatic heterocycles. The molecule has 9 nitrogen and oxygen atoms in total. The number of nitrogens with zero attached hydrogens (tertiary/aromatic N) is 5. The van der Waals surface area contributed by atoms with Gasteiger partial charge in [-0.1, -0.05) is 0 Å². The second-order valence-corrected chi connectivity index (χ2v) is 8.62. The van der Waals surface area contributed by atoms with Crippen molar-refractivity contribution in [3.8, 4) is 11.5 Å². The molecule has 2 aromatic carbocycles. The molecule has 4 rings (SSSR count). The second-order valence-electron chi connectivity index (χ2n) is 8.62. The lowest BCUT2D eigenvalue weighted by Crippen LogP contribution is -2.54. The number of hydrogen-bond donors (Lipinski definition) is 0. The van der Waals surface area contributed by atoms with E-state index >= 15 is 0 Å². The van der Waals surface area contributed by atoms with Gasteiger partial charge in [0.1, 0.15) is 23.6 Å². The van der Waals surface area contributed by atoms with Crippen LogP contribution in [0, 0.1) is 0 Å². The number of fused-ring (bicyclic) bond motifs is 1. The maximum absolute atomic E-state index is 11.9. The number of ether oxygens (including phenoxy) is 3. The van der Waals surface area contributed by atoms with E-state index in [1.54, 1.807) is 18.4 Å². The predicted molar refractivity (Wildman–Crippen MR) is 136 cm³/mol. The van der Waals surface area contributed by atoms with Gasteiger partial charge in [0, 0.05) is 57.8 Å². The van der Waals surface area contributed by atoms with E-state index in [0.29, 0.717) is 26.3 Å². The Morgan fingerprint density at radius 1 is 1.00 bits per heavy atom. The minimum Gasteiger partial charge on any atom is -0.493 e. The molecule has 9 heteroatoms. The first-order valence-electron chi connectivity index (χ1n) is 12.0. The molecule has 1 fully saturated rings. The molecule has 0 atom stereocenters. The molecule has 0 radical (unpaired) electrons. The summed E-state index contributed by atoms with van der Waals surface area (Å²) in [5.41, 5.74) is 1.66. The highest BCUT2D eigenvalue weighted by molar-refractivity contribution is 5.90. The van der Waals surface area contributed by atoms with Crippen molar-refractivity contribution < 1.29 is 19.0 Å². The average Bonchev–Trinajstić information content (AvgIpc) is 2.88. The van der Waals surface area contributed by atoms with Gasteiger partial charge in [-0.25, -0.2) is 20.0 Å². The van der Waals surface area contributed by atoms with Crippen LogP contribution in [0.1, 0.15) is 20.3 Å². The maximum atomic E-state index is 11.9. The van der Waals surface area contributed by atoms with Crippen LogP contribution >= 0.6 is 0 Å². The summed E-state index contributed by atoms with van der Waals surface area (Å²) in [6, 6.07) is 13.5. The zero-order valence-corrected chi connectivity index (χ0v) is 20.6. The molecule has 1 amide bonds. The summed E-state index contributed by atoms with van der Waals surface area (Å²) in [5.74, 6) is 2.47. The van der Waals surface area contributed by atoms with Gasteiger partial charge in [0.15, 0.2) is 0 Å². The van der Waals surface area contributed by atoms with Crippen LogP contribution in [-0.2, 0) is 9.53 Å². The van der Waals surface area contributed by atoms with E-state index in [1.165, 1.54) is 0 Å². The minimum atomic E-state index is 0.106. The highest BCUT2D eigenvalue weighted by atomic mass is 16.5. The van der Waals surface area contributed by atoms with Gasteiger partial charge in [-0.15, -0.1) is 0 Å². The number of carbonyl (C=O) groups is 1. The van der Waals surface area contributed by atoms with Crippen LogP contribution in [0.2, 0.25) is 0 Å². The molecule has 0 N–H and O–H groups in total. The topological polar surface area (TPSA) is 80.3 Å². The van der Waals surface area contributed by atoms with Crippen LogP contribution in [0.3, 0.4) is 0 Å². The molecule has 1 saturated heterocycles. The molecule has 0 aliphatic carbocycles. The molecule has 0 unspecified atom stereocenters. The smallest absolute Gasteiger partial charge is 0.228 e. The second kappa shape index (κ2) is 11.8. The van der Waals surface area contributed by atoms with E-state index in [9.17, 15) is 4.79 Å². The molecule has 2 heterocycles. The fraction of sp³-hybridized carbons (Fsp3) is 0.423. The fourth-order valence-electron chi connectivity index (χ4n) is 4.12. The Labute approximate surface area is 206 Å². The molecule has 0 spiro atoms. The van der Waals surface area contributed by atoms with Crippen LogP contribution in [0.25, 0.3) is 10.9 Å². The van der Waals surface area contributed by atoms with Gasteiger partial charge >= 0.3 is 0 Å². The number of amides is 1. The first kappa shape index (κ1) is 24.7. The Balaban J connectivity index is 1.41. The summed E-state index contributed by atoms with van der Waals surface area (Å²) in [7, 11) is 1.69. The van der Waals surface area contributed by atoms with Crippen molar-refractivity contribution in [1.82, 2.24) is 15.0 Å². The highest BCUT2D eigenvalue weighted by Crippen LogP contribution is 2.28. The van der Waals surface area contributed by atoms with Crippen molar-refractivity contribution >= 4 is 28.8 Å². The lowest BCUT2D eigenvalue weighted by Gasteiger charge is -2.40. The van der Waals surface area contributed by atoms with E-state index in [2.05, 4.69) is 19.9 Å². The van der Waals surface area contributed by atoms with Crippen LogP contribution in [0.15, 0.2) is 48.8 Å². The number of benzene rings is 2. The van der Waals surface area contributed by atoms with E-state index in [1.807, 2.05) is 56.3 Å². The minimum absolute atomic E-state index is 0.106. The van der Waals surface area contributed by atoms with Crippen LogP contribution < -0.4 is 19.4 Å². The van der Waals surface area contributed by atoms with Gasteiger partial charge in [-0.3, -0.25) is 4.79 Å². The summed E-state index contributed by atoms with van der Waals surface area (Å²) in [4.78, 5) is 23.2. The number of hydrogen-bond acceptors (Lipinski definition) is 8. The molecule has 1 aliphatic rings. The van der Waals surface area contributed by atoms with E-state index in [0.717, 1.165) is 59.8 Å². The number of hydrazine groups is 1. The summed E-state index contributed by atoms with van der Waals surface area (Å²) < 4.78 is 16.6. The molecule has 35 heavy (non-hydrogen) atoms. The van der Waals surface area contributed by atoms with E-state index in [4.69, 9.17) is 14.2 Å². The summed E-state index contributed by atoms with van der Waals surface area (Å²) >= 11 is 0. The van der Waals surface area contributed by atoms with Gasteiger partial charge in [0.2, 0.25) is 6.41 Å². The van der Waals surface area contributed by atoms with Crippen molar-refractivity contribution in [2.75, 3.05) is 56.4 Å². The van der Waals surface area contributed by atoms with Crippen molar-refractivity contribution in [3.63, 3.8) is 0 Å². The molecule has 0 bridgehead atoms. The van der Waals surface area contributed by atoms with Crippen molar-refractivity contribution in [1.29, 1.82) is 0 Å². The lowest BCUT2D eigenvalue weighted by molar-refractivity contribution is -0.110. The molecule has 186 valence electrons. The number of carbonyl (C=O) groups excluding carboxylic acids is 1. The van der Waals surface area contributed by atoms with Gasteiger partial charge in [-0.05, 0) is 50.2 Å². The zero-order valence-electron chi connectivity index (χ0n) is 20.6. The number of anilines is 2. The fourth-order valence-corrected chi connectivity index (χ4v) is 4.12. The molecule has 0 saturated carbocycles. The molecule has 1 aromatic heterocycles. The Morgan fingerprint density at radius 3 is 2.43 bits per heavy atom. The normalized spacial score (nSPS) is 14.3. The molecular formula is C26H33N5O4. The third-order valence-corrected chi connectivity index (χ3v) is 5.78. The number of methoxy groups -OCH3 is 1. The zero-order chi connectivity index (χ0) is 24.6. The van der Waals surface area contributed by atoms with Gasteiger partial charge in [0.25, 0.3) is 0 Å². The van der Waals surface area contributed by atoms with Crippen molar-refractivity contribution in [3.05, 3.63) is 48.8 Å². The largest absolute Gasteiger partial charge is 0.493 e. The number of rotatable bonds is 11. The quantitative estimate of drug-likeness (QED) is 0.305. The standard InChI is InChI=1S/C26H33N5O4/c1-20(2)35-22-7-5-21(6-8-22)31(19-32)30-13-11-29(12-14-30)26-24-10-9-23(34-16-4-15-33-3)17-25(24)27-18-28-26/h5-10,17-20H,4,11-16H2,1-3H3. The van der Waals surface area contributed by atoms with Crippen molar-refractivity contribution in [2.24, 2.45) is 0 Å². The molecular weight excluding hydrogens is 446 g/mol. The Kier molecular flexibility index (Phi) is 8.33. The van der Waals surface area contributed by atoms with E-state index in [-0.39, 0.29) is 6.10 Å². The summed E-state index contributed by atoms with van der Waals surface area (Å²) in [6.07, 6.45) is 3.40.